The highest BCUT2D eigenvalue weighted by Gasteiger charge is 2.30. The normalized spacial score (nSPS) is 34.9. The second-order valence-electron chi connectivity index (χ2n) is 4.05. The Kier molecular flexibility index (Phi) is 3.47. The van der Waals surface area contributed by atoms with E-state index in [4.69, 9.17) is 5.11 Å². The molecule has 3 N–H and O–H groups in total. The van der Waals surface area contributed by atoms with E-state index >= 15 is 0 Å². The summed E-state index contributed by atoms with van der Waals surface area (Å²) < 4.78 is 0. The number of rotatable bonds is 2. The molecule has 0 fully saturated rings. The van der Waals surface area contributed by atoms with Gasteiger partial charge in [0.1, 0.15) is 0 Å². The Morgan fingerprint density at radius 3 is 2.54 bits per heavy atom. The van der Waals surface area contributed by atoms with Gasteiger partial charge in [0.2, 0.25) is 0 Å². The first-order valence-electron chi connectivity index (χ1n) is 4.73. The quantitative estimate of drug-likeness (QED) is 0.544. The summed E-state index contributed by atoms with van der Waals surface area (Å²) in [5.74, 6) is 0.450. The predicted octanol–water partition coefficient (Wildman–Crippen LogP) is 0.303. The van der Waals surface area contributed by atoms with Crippen LogP contribution in [0.5, 0.6) is 0 Å². The molecule has 76 valence electrons. The molecule has 0 aromatic rings. The molecule has 0 bridgehead atoms. The molecular weight excluding hydrogens is 168 g/mol. The van der Waals surface area contributed by atoms with Gasteiger partial charge in [-0.25, -0.2) is 0 Å². The average Bonchev–Trinajstić information content (AvgIpc) is 2.07. The lowest BCUT2D eigenvalue weighted by Gasteiger charge is -2.32. The van der Waals surface area contributed by atoms with Crippen molar-refractivity contribution in [3.8, 4) is 0 Å². The summed E-state index contributed by atoms with van der Waals surface area (Å²) in [6.07, 6.45) is 1.02. The molecule has 0 aliphatic heterocycles. The Morgan fingerprint density at radius 2 is 2.08 bits per heavy atom. The van der Waals surface area contributed by atoms with Gasteiger partial charge in [0.15, 0.2) is 0 Å². The maximum absolute atomic E-state index is 9.66. The summed E-state index contributed by atoms with van der Waals surface area (Å²) in [5, 5.41) is 28.1. The van der Waals surface area contributed by atoms with Gasteiger partial charge < -0.3 is 15.3 Å². The van der Waals surface area contributed by atoms with E-state index in [9.17, 15) is 10.2 Å². The van der Waals surface area contributed by atoms with Crippen molar-refractivity contribution >= 4 is 0 Å². The molecule has 1 aliphatic carbocycles. The van der Waals surface area contributed by atoms with Crippen molar-refractivity contribution in [2.24, 2.45) is 11.8 Å². The Bertz CT molecular complexity index is 198. The third kappa shape index (κ3) is 2.30. The van der Waals surface area contributed by atoms with Crippen molar-refractivity contribution in [1.29, 1.82) is 0 Å². The molecule has 3 atom stereocenters. The van der Waals surface area contributed by atoms with Crippen LogP contribution in [-0.2, 0) is 0 Å². The van der Waals surface area contributed by atoms with Crippen LogP contribution in [0.1, 0.15) is 20.3 Å². The zero-order chi connectivity index (χ0) is 10.0. The van der Waals surface area contributed by atoms with Crippen LogP contribution in [-0.4, -0.2) is 34.1 Å². The van der Waals surface area contributed by atoms with Gasteiger partial charge >= 0.3 is 0 Å². The van der Waals surface area contributed by atoms with Crippen molar-refractivity contribution in [2.45, 2.75) is 32.5 Å². The molecule has 0 amide bonds. The third-order valence-electron chi connectivity index (χ3n) is 2.79. The predicted molar refractivity (Wildman–Crippen MR) is 50.1 cm³/mol. The molecule has 0 aromatic heterocycles. The van der Waals surface area contributed by atoms with Gasteiger partial charge in [-0.05, 0) is 23.8 Å². The Morgan fingerprint density at radius 1 is 1.46 bits per heavy atom. The van der Waals surface area contributed by atoms with Crippen LogP contribution in [0.15, 0.2) is 11.6 Å². The molecule has 0 heterocycles. The van der Waals surface area contributed by atoms with Gasteiger partial charge in [0.05, 0.1) is 18.8 Å². The van der Waals surface area contributed by atoms with Crippen LogP contribution in [0.3, 0.4) is 0 Å². The van der Waals surface area contributed by atoms with Crippen LogP contribution in [0.2, 0.25) is 0 Å². The SMILES string of the molecule is CC(C)[C@H]1C[C@H](O)C(CO)=C[C@@H]1O. The molecular formula is C10H18O3. The molecule has 1 aliphatic rings. The van der Waals surface area contributed by atoms with Gasteiger partial charge in [-0.2, -0.15) is 0 Å². The van der Waals surface area contributed by atoms with E-state index in [0.29, 0.717) is 17.9 Å². The monoisotopic (exact) mass is 186 g/mol. The Hall–Kier alpha value is -0.380. The number of hydrogen-bond acceptors (Lipinski definition) is 3. The molecule has 0 spiro atoms. The summed E-state index contributed by atoms with van der Waals surface area (Å²) in [6.45, 7) is 3.89. The van der Waals surface area contributed by atoms with E-state index in [2.05, 4.69) is 0 Å². The van der Waals surface area contributed by atoms with Gasteiger partial charge in [0.25, 0.3) is 0 Å². The van der Waals surface area contributed by atoms with Crippen LogP contribution in [0.4, 0.5) is 0 Å². The van der Waals surface area contributed by atoms with Crippen molar-refractivity contribution in [2.75, 3.05) is 6.61 Å². The van der Waals surface area contributed by atoms with Crippen molar-refractivity contribution in [1.82, 2.24) is 0 Å². The first kappa shape index (κ1) is 10.7. The molecule has 0 aromatic carbocycles. The van der Waals surface area contributed by atoms with E-state index in [1.54, 1.807) is 6.08 Å². The summed E-state index contributed by atoms with van der Waals surface area (Å²) in [6, 6.07) is 0. The largest absolute Gasteiger partial charge is 0.392 e. The summed E-state index contributed by atoms with van der Waals surface area (Å²) >= 11 is 0. The maximum atomic E-state index is 9.66. The van der Waals surface area contributed by atoms with Crippen molar-refractivity contribution in [3.63, 3.8) is 0 Å². The van der Waals surface area contributed by atoms with Gasteiger partial charge in [-0.1, -0.05) is 19.9 Å². The number of aliphatic hydroxyl groups excluding tert-OH is 3. The van der Waals surface area contributed by atoms with Crippen LogP contribution < -0.4 is 0 Å². The zero-order valence-corrected chi connectivity index (χ0v) is 8.14. The zero-order valence-electron chi connectivity index (χ0n) is 8.14. The number of hydrogen-bond donors (Lipinski definition) is 3. The van der Waals surface area contributed by atoms with Gasteiger partial charge in [-0.3, -0.25) is 0 Å². The topological polar surface area (TPSA) is 60.7 Å². The number of aliphatic hydroxyl groups is 3. The van der Waals surface area contributed by atoms with Crippen molar-refractivity contribution < 1.29 is 15.3 Å². The molecule has 13 heavy (non-hydrogen) atoms. The van der Waals surface area contributed by atoms with E-state index in [1.165, 1.54) is 0 Å². The molecule has 1 rings (SSSR count). The molecule has 3 heteroatoms. The minimum Gasteiger partial charge on any atom is -0.392 e. The highest BCUT2D eigenvalue weighted by molar-refractivity contribution is 5.16. The highest BCUT2D eigenvalue weighted by atomic mass is 16.3. The molecule has 0 unspecified atom stereocenters. The smallest absolute Gasteiger partial charge is 0.0776 e. The van der Waals surface area contributed by atoms with Gasteiger partial charge in [-0.15, -0.1) is 0 Å². The first-order chi connectivity index (χ1) is 6.06. The summed E-state index contributed by atoms with van der Waals surface area (Å²) in [5.41, 5.74) is 0.546. The molecule has 0 saturated heterocycles. The standard InChI is InChI=1S/C10H18O3/c1-6(2)8-4-9(12)7(5-11)3-10(8)13/h3,6,8-13H,4-5H2,1-2H3/t8-,9+,10+/m1/s1. The average molecular weight is 186 g/mol. The van der Waals surface area contributed by atoms with E-state index in [-0.39, 0.29) is 12.5 Å². The van der Waals surface area contributed by atoms with Crippen LogP contribution in [0.25, 0.3) is 0 Å². The fourth-order valence-electron chi connectivity index (χ4n) is 1.83. The Balaban J connectivity index is 2.74. The third-order valence-corrected chi connectivity index (χ3v) is 2.79. The summed E-state index contributed by atoms with van der Waals surface area (Å²) in [7, 11) is 0. The highest BCUT2D eigenvalue weighted by Crippen LogP contribution is 2.29. The maximum Gasteiger partial charge on any atom is 0.0776 e. The minimum absolute atomic E-state index is 0.102. The minimum atomic E-state index is -0.583. The van der Waals surface area contributed by atoms with E-state index < -0.39 is 12.2 Å². The fraction of sp³-hybridized carbons (Fsp3) is 0.800. The van der Waals surface area contributed by atoms with Crippen LogP contribution in [0, 0.1) is 11.8 Å². The molecule has 3 nitrogen and oxygen atoms in total. The lowest BCUT2D eigenvalue weighted by Crippen LogP contribution is -2.34. The van der Waals surface area contributed by atoms with E-state index in [1.807, 2.05) is 13.8 Å². The van der Waals surface area contributed by atoms with Gasteiger partial charge in [0, 0.05) is 0 Å². The second kappa shape index (κ2) is 4.22. The Labute approximate surface area is 78.7 Å². The van der Waals surface area contributed by atoms with Crippen molar-refractivity contribution in [3.05, 3.63) is 11.6 Å². The lowest BCUT2D eigenvalue weighted by molar-refractivity contribution is 0.0546. The molecule has 0 saturated carbocycles. The summed E-state index contributed by atoms with van der Waals surface area (Å²) in [4.78, 5) is 0. The second-order valence-corrected chi connectivity index (χ2v) is 4.05. The van der Waals surface area contributed by atoms with E-state index in [0.717, 1.165) is 0 Å². The van der Waals surface area contributed by atoms with Crippen LogP contribution >= 0.6 is 0 Å². The molecule has 0 radical (unpaired) electrons. The first-order valence-corrected chi connectivity index (χ1v) is 4.73. The fourth-order valence-corrected chi connectivity index (χ4v) is 1.83. The lowest BCUT2D eigenvalue weighted by atomic mass is 9.79.